The second-order valence-electron chi connectivity index (χ2n) is 17.7. The van der Waals surface area contributed by atoms with Crippen LogP contribution < -0.4 is 5.32 Å². The molecule has 9 aromatic carbocycles. The molecule has 0 fully saturated rings. The summed E-state index contributed by atoms with van der Waals surface area (Å²) < 4.78 is 4.58. The molecule has 1 atom stereocenters. The molecule has 7 nitrogen and oxygen atoms in total. The highest BCUT2D eigenvalue weighted by atomic mass is 15.2. The minimum absolute atomic E-state index is 0.570. The topological polar surface area (TPSA) is 72.9 Å². The molecule has 0 amide bonds. The molecule has 0 saturated heterocycles. The largest absolute Gasteiger partial charge is 0.357 e. The second-order valence-corrected chi connectivity index (χ2v) is 17.7. The van der Waals surface area contributed by atoms with Crippen molar-refractivity contribution in [1.29, 1.82) is 0 Å². The summed E-state index contributed by atoms with van der Waals surface area (Å²) in [6.45, 7) is 2.17. The maximum absolute atomic E-state index is 5.44. The van der Waals surface area contributed by atoms with Crippen LogP contribution in [-0.4, -0.2) is 29.8 Å². The van der Waals surface area contributed by atoms with E-state index in [-0.39, 0.29) is 0 Å². The van der Waals surface area contributed by atoms with Gasteiger partial charge in [0, 0.05) is 49.6 Å². The maximum Gasteiger partial charge on any atom is 0.238 e. The van der Waals surface area contributed by atoms with E-state index in [2.05, 4.69) is 191 Å². The Bertz CT molecular complexity index is 3930. The Morgan fingerprint density at radius 2 is 0.957 bits per heavy atom. The van der Waals surface area contributed by atoms with Gasteiger partial charge >= 0.3 is 0 Å². The fraction of sp³-hybridized carbons (Fsp3) is 0.0323. The average Bonchev–Trinajstić information content (AvgIpc) is 3.94. The summed E-state index contributed by atoms with van der Waals surface area (Å²) >= 11 is 0. The van der Waals surface area contributed by atoms with Crippen molar-refractivity contribution in [3.63, 3.8) is 0 Å². The summed E-state index contributed by atoms with van der Waals surface area (Å²) in [6, 6.07) is 80.8. The van der Waals surface area contributed by atoms with Crippen LogP contribution in [-0.2, 0) is 5.66 Å². The monoisotopic (exact) mass is 885 g/mol. The number of nitrogens with zero attached hydrogens (tertiary/aromatic N) is 6. The summed E-state index contributed by atoms with van der Waals surface area (Å²) in [7, 11) is 0. The highest BCUT2D eigenvalue weighted by Gasteiger charge is 2.32. The van der Waals surface area contributed by atoms with Crippen LogP contribution in [0.4, 0.5) is 0 Å². The molecule has 7 heteroatoms. The van der Waals surface area contributed by atoms with Crippen LogP contribution in [0.2, 0.25) is 0 Å². The van der Waals surface area contributed by atoms with Crippen LogP contribution >= 0.6 is 0 Å². The van der Waals surface area contributed by atoms with Crippen LogP contribution in [0.5, 0.6) is 0 Å². The Morgan fingerprint density at radius 3 is 1.64 bits per heavy atom. The summed E-state index contributed by atoms with van der Waals surface area (Å²) in [5.74, 6) is 1.82. The Morgan fingerprint density at radius 1 is 0.406 bits per heavy atom. The van der Waals surface area contributed by atoms with Crippen molar-refractivity contribution in [2.24, 2.45) is 4.99 Å². The van der Waals surface area contributed by atoms with Crippen molar-refractivity contribution in [2.75, 3.05) is 0 Å². The van der Waals surface area contributed by atoms with Gasteiger partial charge in [0.25, 0.3) is 0 Å². The van der Waals surface area contributed by atoms with E-state index in [0.29, 0.717) is 17.6 Å². The highest BCUT2D eigenvalue weighted by molar-refractivity contribution is 6.17. The smallest absolute Gasteiger partial charge is 0.238 e. The highest BCUT2D eigenvalue weighted by Crippen LogP contribution is 2.42. The number of hydrogen-bond donors (Lipinski definition) is 1. The van der Waals surface area contributed by atoms with Gasteiger partial charge < -0.3 is 9.88 Å². The fourth-order valence-electron chi connectivity index (χ4n) is 10.1. The SMILES string of the molecule is CC1(c2cccc(-n3c4ccccc4c4c(-c5ccc6c(c5)c5ccccc5n6-c5nc(-c6ccccc6)nc(-c6ccccc6)n5)cccc43)c2)N=C(c2ccccc2)C=C(c2ccccc2)N1. The van der Waals surface area contributed by atoms with E-state index in [9.17, 15) is 0 Å². The lowest BCUT2D eigenvalue weighted by Gasteiger charge is -2.34. The van der Waals surface area contributed by atoms with Gasteiger partial charge in [-0.2, -0.15) is 9.97 Å². The van der Waals surface area contributed by atoms with E-state index in [4.69, 9.17) is 19.9 Å². The summed E-state index contributed by atoms with van der Waals surface area (Å²) in [4.78, 5) is 20.7. The lowest BCUT2D eigenvalue weighted by Crippen LogP contribution is -2.40. The quantitative estimate of drug-likeness (QED) is 0.165. The van der Waals surface area contributed by atoms with E-state index in [0.717, 1.165) is 88.9 Å². The predicted octanol–water partition coefficient (Wildman–Crippen LogP) is 14.4. The number of fused-ring (bicyclic) bond motifs is 6. The molecule has 1 N–H and O–H groups in total. The van der Waals surface area contributed by atoms with Crippen molar-refractivity contribution in [1.82, 2.24) is 29.4 Å². The van der Waals surface area contributed by atoms with Crippen LogP contribution in [0, 0.1) is 0 Å². The molecule has 12 aromatic rings. The standard InChI is InChI=1S/C62H43N7/c1-62(66-52(41-20-6-2-7-21-41)40-53(67-62)42-22-8-3-9-23-42)46-28-18-29-47(39-46)68-55-34-17-15-31-50(55)58-48(32-19-35-57(58)68)45-36-37-56-51(38-45)49-30-14-16-33-54(49)69(56)61-64-59(43-24-10-4-11-25-43)63-60(65-61)44-26-12-5-13-27-44/h2-40,66H,1H3. The van der Waals surface area contributed by atoms with Gasteiger partial charge in [0.1, 0.15) is 0 Å². The lowest BCUT2D eigenvalue weighted by atomic mass is 9.95. The summed E-state index contributed by atoms with van der Waals surface area (Å²) in [6.07, 6.45) is 2.16. The third-order valence-corrected chi connectivity index (χ3v) is 13.4. The van der Waals surface area contributed by atoms with Gasteiger partial charge in [-0.15, -0.1) is 0 Å². The average molecular weight is 886 g/mol. The van der Waals surface area contributed by atoms with E-state index in [1.54, 1.807) is 0 Å². The first-order valence-electron chi connectivity index (χ1n) is 23.3. The van der Waals surface area contributed by atoms with Crippen LogP contribution in [0.1, 0.15) is 23.6 Å². The minimum atomic E-state index is -0.757. The molecule has 1 unspecified atom stereocenters. The molecule has 3 aromatic heterocycles. The van der Waals surface area contributed by atoms with Gasteiger partial charge in [-0.1, -0.05) is 188 Å². The number of benzene rings is 9. The Hall–Kier alpha value is -9.20. The number of aliphatic imine (C=N–C) groups is 1. The minimum Gasteiger partial charge on any atom is -0.357 e. The van der Waals surface area contributed by atoms with Gasteiger partial charge in [-0.25, -0.2) is 4.98 Å². The third-order valence-electron chi connectivity index (χ3n) is 13.4. The zero-order valence-electron chi connectivity index (χ0n) is 37.7. The van der Waals surface area contributed by atoms with Crippen LogP contribution in [0.3, 0.4) is 0 Å². The second kappa shape index (κ2) is 16.3. The number of para-hydroxylation sites is 2. The van der Waals surface area contributed by atoms with Gasteiger partial charge in [0.15, 0.2) is 17.3 Å². The first-order valence-corrected chi connectivity index (χ1v) is 23.3. The van der Waals surface area contributed by atoms with Crippen LogP contribution in [0.25, 0.3) is 94.8 Å². The molecular weight excluding hydrogens is 843 g/mol. The molecule has 4 heterocycles. The van der Waals surface area contributed by atoms with E-state index < -0.39 is 5.66 Å². The maximum atomic E-state index is 5.44. The van der Waals surface area contributed by atoms with Gasteiger partial charge in [0.2, 0.25) is 5.95 Å². The molecular formula is C62H43N7. The lowest BCUT2D eigenvalue weighted by molar-refractivity contribution is 0.447. The van der Waals surface area contributed by atoms with Crippen molar-refractivity contribution < 1.29 is 0 Å². The Balaban J connectivity index is 0.957. The van der Waals surface area contributed by atoms with Crippen LogP contribution in [0.15, 0.2) is 242 Å². The predicted molar refractivity (Wildman–Crippen MR) is 283 cm³/mol. The van der Waals surface area contributed by atoms with E-state index in [1.165, 1.54) is 10.8 Å². The molecule has 0 spiro atoms. The first kappa shape index (κ1) is 40.1. The van der Waals surface area contributed by atoms with Crippen molar-refractivity contribution >= 4 is 55.0 Å². The van der Waals surface area contributed by atoms with E-state index in [1.807, 2.05) is 66.7 Å². The Kier molecular flexibility index (Phi) is 9.47. The molecule has 0 bridgehead atoms. The normalized spacial score (nSPS) is 14.8. The van der Waals surface area contributed by atoms with Crippen molar-refractivity contribution in [3.8, 4) is 45.5 Å². The molecule has 0 aliphatic carbocycles. The first-order chi connectivity index (χ1) is 34.1. The van der Waals surface area contributed by atoms with Gasteiger partial charge in [-0.3, -0.25) is 9.56 Å². The third kappa shape index (κ3) is 6.90. The number of rotatable bonds is 8. The summed E-state index contributed by atoms with van der Waals surface area (Å²) in [5.41, 5.74) is 14.0. The molecule has 13 rings (SSSR count). The van der Waals surface area contributed by atoms with E-state index >= 15 is 0 Å². The number of nitrogens with one attached hydrogen (secondary N) is 1. The van der Waals surface area contributed by atoms with Crippen molar-refractivity contribution in [3.05, 3.63) is 253 Å². The molecule has 326 valence electrons. The molecule has 69 heavy (non-hydrogen) atoms. The van der Waals surface area contributed by atoms with Gasteiger partial charge in [0.05, 0.1) is 27.8 Å². The molecule has 1 aliphatic rings. The Labute approximate surface area is 399 Å². The molecule has 0 radical (unpaired) electrons. The van der Waals surface area contributed by atoms with Gasteiger partial charge in [-0.05, 0) is 77.7 Å². The zero-order valence-corrected chi connectivity index (χ0v) is 37.7. The molecule has 1 aliphatic heterocycles. The number of hydrogen-bond acceptors (Lipinski definition) is 5. The summed E-state index contributed by atoms with van der Waals surface area (Å²) in [5, 5.41) is 8.47. The zero-order chi connectivity index (χ0) is 45.9. The van der Waals surface area contributed by atoms with Crippen molar-refractivity contribution in [2.45, 2.75) is 12.6 Å². The number of allylic oxidation sites excluding steroid dienone is 1. The number of aromatic nitrogens is 5. The fourth-order valence-corrected chi connectivity index (χ4v) is 10.1. The molecule has 0 saturated carbocycles.